The van der Waals surface area contributed by atoms with Crippen molar-refractivity contribution in [3.63, 3.8) is 0 Å². The molecule has 7 nitrogen and oxygen atoms in total. The van der Waals surface area contributed by atoms with Crippen LogP contribution < -0.4 is 14.8 Å². The number of amides is 1. The van der Waals surface area contributed by atoms with Crippen LogP contribution in [-0.2, 0) is 4.74 Å². The van der Waals surface area contributed by atoms with E-state index in [4.69, 9.17) is 18.6 Å². The third kappa shape index (κ3) is 4.24. The number of oxazole rings is 1. The van der Waals surface area contributed by atoms with Gasteiger partial charge in [0, 0.05) is 24.6 Å². The number of hydrogen-bond donors (Lipinski definition) is 1. The number of carbonyl (C=O) groups excluding carboxylic acids is 1. The summed E-state index contributed by atoms with van der Waals surface area (Å²) < 4.78 is 22.7. The summed E-state index contributed by atoms with van der Waals surface area (Å²) in [6, 6.07) is 5.48. The van der Waals surface area contributed by atoms with E-state index in [-0.39, 0.29) is 29.0 Å². The van der Waals surface area contributed by atoms with E-state index in [2.05, 4.69) is 31.1 Å². The molecule has 1 N–H and O–H groups in total. The number of carbonyl (C=O) groups is 1. The number of nitrogens with zero attached hydrogens (tertiary/aromatic N) is 1. The van der Waals surface area contributed by atoms with Crippen molar-refractivity contribution in [2.45, 2.75) is 39.7 Å². The largest absolute Gasteiger partial charge is 0.486 e. The summed E-state index contributed by atoms with van der Waals surface area (Å²) in [5.41, 5.74) is 1.02. The summed E-state index contributed by atoms with van der Waals surface area (Å²) in [5, 5.41) is 3.03. The van der Waals surface area contributed by atoms with Gasteiger partial charge in [-0.15, -0.1) is 0 Å². The Labute approximate surface area is 170 Å². The average molecular weight is 400 g/mol. The van der Waals surface area contributed by atoms with Crippen molar-refractivity contribution in [3.8, 4) is 22.8 Å². The zero-order valence-corrected chi connectivity index (χ0v) is 17.2. The van der Waals surface area contributed by atoms with Crippen LogP contribution in [0.5, 0.6) is 11.5 Å². The SMILES string of the molecule is CC(C)(C)[C@@H]1OCCC[C@H]1CNC(=O)c1ncoc1-c1ccc2c(c1)OCCO2. The van der Waals surface area contributed by atoms with Crippen LogP contribution in [0.3, 0.4) is 0 Å². The molecule has 29 heavy (non-hydrogen) atoms. The molecule has 1 saturated heterocycles. The number of hydrogen-bond acceptors (Lipinski definition) is 6. The molecule has 7 heteroatoms. The van der Waals surface area contributed by atoms with Crippen molar-refractivity contribution >= 4 is 5.91 Å². The first-order valence-electron chi connectivity index (χ1n) is 10.2. The topological polar surface area (TPSA) is 82.8 Å². The summed E-state index contributed by atoms with van der Waals surface area (Å²) in [4.78, 5) is 17.0. The maximum Gasteiger partial charge on any atom is 0.273 e. The Hall–Kier alpha value is -2.54. The molecule has 2 atom stereocenters. The molecule has 1 aromatic heterocycles. The molecule has 4 rings (SSSR count). The fraction of sp³-hybridized carbons (Fsp3) is 0.545. The summed E-state index contributed by atoms with van der Waals surface area (Å²) in [6.07, 6.45) is 3.46. The Kier molecular flexibility index (Phi) is 5.50. The van der Waals surface area contributed by atoms with Crippen molar-refractivity contribution in [1.82, 2.24) is 10.3 Å². The maximum atomic E-state index is 12.9. The van der Waals surface area contributed by atoms with Gasteiger partial charge in [-0.05, 0) is 36.5 Å². The van der Waals surface area contributed by atoms with Crippen LogP contribution in [0.2, 0.25) is 0 Å². The lowest BCUT2D eigenvalue weighted by molar-refractivity contribution is -0.0839. The van der Waals surface area contributed by atoms with E-state index in [1.165, 1.54) is 6.39 Å². The summed E-state index contributed by atoms with van der Waals surface area (Å²) in [5.74, 6) is 1.78. The number of benzene rings is 1. The van der Waals surface area contributed by atoms with E-state index in [1.54, 1.807) is 0 Å². The second kappa shape index (κ2) is 8.06. The lowest BCUT2D eigenvalue weighted by Crippen LogP contribution is -2.45. The Morgan fingerprint density at radius 2 is 1.97 bits per heavy atom. The van der Waals surface area contributed by atoms with E-state index in [0.717, 1.165) is 25.0 Å². The maximum absolute atomic E-state index is 12.9. The standard InChI is InChI=1S/C22H28N2O5/c1-22(2,3)20-15(5-4-8-28-20)12-23-21(25)18-19(29-13-24-18)14-6-7-16-17(11-14)27-10-9-26-16/h6-7,11,13,15,20H,4-5,8-10,12H2,1-3H3,(H,23,25)/t15-,20+/m0/s1. The molecule has 2 aliphatic heterocycles. The number of ether oxygens (including phenoxy) is 3. The normalized spacial score (nSPS) is 21.6. The van der Waals surface area contributed by atoms with Gasteiger partial charge >= 0.3 is 0 Å². The molecular weight excluding hydrogens is 372 g/mol. The minimum absolute atomic E-state index is 0.0278. The Balaban J connectivity index is 1.47. The fourth-order valence-corrected chi connectivity index (χ4v) is 4.11. The van der Waals surface area contributed by atoms with E-state index < -0.39 is 0 Å². The van der Waals surface area contributed by atoms with Crippen molar-refractivity contribution in [2.75, 3.05) is 26.4 Å². The summed E-state index contributed by atoms with van der Waals surface area (Å²) in [6.45, 7) is 8.89. The van der Waals surface area contributed by atoms with Gasteiger partial charge in [-0.25, -0.2) is 4.98 Å². The molecule has 156 valence electrons. The van der Waals surface area contributed by atoms with Crippen LogP contribution in [0.1, 0.15) is 44.1 Å². The summed E-state index contributed by atoms with van der Waals surface area (Å²) >= 11 is 0. The smallest absolute Gasteiger partial charge is 0.273 e. The van der Waals surface area contributed by atoms with E-state index in [9.17, 15) is 4.79 Å². The van der Waals surface area contributed by atoms with E-state index in [1.807, 2.05) is 18.2 Å². The zero-order chi connectivity index (χ0) is 20.4. The molecule has 1 aromatic carbocycles. The summed E-state index contributed by atoms with van der Waals surface area (Å²) in [7, 11) is 0. The lowest BCUT2D eigenvalue weighted by Gasteiger charge is -2.40. The lowest BCUT2D eigenvalue weighted by atomic mass is 9.78. The van der Waals surface area contributed by atoms with Crippen molar-refractivity contribution < 1.29 is 23.4 Å². The van der Waals surface area contributed by atoms with Gasteiger partial charge in [0.2, 0.25) is 0 Å². The van der Waals surface area contributed by atoms with Crippen LogP contribution >= 0.6 is 0 Å². The zero-order valence-electron chi connectivity index (χ0n) is 17.2. The van der Waals surface area contributed by atoms with Gasteiger partial charge in [-0.2, -0.15) is 0 Å². The molecule has 0 saturated carbocycles. The predicted octanol–water partition coefficient (Wildman–Crippen LogP) is 3.68. The van der Waals surface area contributed by atoms with E-state index in [0.29, 0.717) is 37.0 Å². The van der Waals surface area contributed by atoms with Gasteiger partial charge in [0.25, 0.3) is 5.91 Å². The van der Waals surface area contributed by atoms with Crippen LogP contribution in [0, 0.1) is 11.3 Å². The molecular formula is C22H28N2O5. The van der Waals surface area contributed by atoms with E-state index >= 15 is 0 Å². The molecule has 0 radical (unpaired) electrons. The molecule has 2 aromatic rings. The minimum atomic E-state index is -0.248. The van der Waals surface area contributed by atoms with Gasteiger partial charge in [0.15, 0.2) is 29.3 Å². The highest BCUT2D eigenvalue weighted by Crippen LogP contribution is 2.36. The van der Waals surface area contributed by atoms with Crippen molar-refractivity contribution in [1.29, 1.82) is 0 Å². The molecule has 2 aliphatic rings. The first-order valence-corrected chi connectivity index (χ1v) is 10.2. The second-order valence-electron chi connectivity index (χ2n) is 8.66. The number of rotatable bonds is 4. The molecule has 1 fully saturated rings. The number of nitrogens with one attached hydrogen (secondary N) is 1. The van der Waals surface area contributed by atoms with Crippen LogP contribution in [0.15, 0.2) is 29.0 Å². The van der Waals surface area contributed by atoms with Crippen molar-refractivity contribution in [2.24, 2.45) is 11.3 Å². The highest BCUT2D eigenvalue weighted by molar-refractivity contribution is 5.97. The molecule has 3 heterocycles. The van der Waals surface area contributed by atoms with Crippen LogP contribution in [0.4, 0.5) is 0 Å². The van der Waals surface area contributed by atoms with Crippen LogP contribution in [-0.4, -0.2) is 43.4 Å². The molecule has 0 bridgehead atoms. The van der Waals surface area contributed by atoms with Gasteiger partial charge < -0.3 is 23.9 Å². The highest BCUT2D eigenvalue weighted by Gasteiger charge is 2.35. The number of fused-ring (bicyclic) bond motifs is 1. The molecule has 0 unspecified atom stereocenters. The van der Waals surface area contributed by atoms with Crippen molar-refractivity contribution in [3.05, 3.63) is 30.3 Å². The van der Waals surface area contributed by atoms with Gasteiger partial charge in [0.1, 0.15) is 13.2 Å². The Morgan fingerprint density at radius 3 is 2.76 bits per heavy atom. The van der Waals surface area contributed by atoms with Gasteiger partial charge in [-0.1, -0.05) is 20.8 Å². The predicted molar refractivity (Wildman–Crippen MR) is 107 cm³/mol. The minimum Gasteiger partial charge on any atom is -0.486 e. The Morgan fingerprint density at radius 1 is 1.17 bits per heavy atom. The first kappa shape index (κ1) is 19.8. The second-order valence-corrected chi connectivity index (χ2v) is 8.66. The first-order chi connectivity index (χ1) is 13.9. The van der Waals surface area contributed by atoms with Gasteiger partial charge in [0.05, 0.1) is 6.10 Å². The third-order valence-electron chi connectivity index (χ3n) is 5.41. The molecule has 1 amide bonds. The van der Waals surface area contributed by atoms with Crippen LogP contribution in [0.25, 0.3) is 11.3 Å². The molecule has 0 aliphatic carbocycles. The fourth-order valence-electron chi connectivity index (χ4n) is 4.11. The quantitative estimate of drug-likeness (QED) is 0.843. The molecule has 0 spiro atoms. The Bertz CT molecular complexity index is 870. The monoisotopic (exact) mass is 400 g/mol. The number of aromatic nitrogens is 1. The third-order valence-corrected chi connectivity index (χ3v) is 5.41. The average Bonchev–Trinajstić information content (AvgIpc) is 3.21. The highest BCUT2D eigenvalue weighted by atomic mass is 16.6. The van der Waals surface area contributed by atoms with Gasteiger partial charge in [-0.3, -0.25) is 4.79 Å².